The number of hydrogen-bond acceptors (Lipinski definition) is 3. The van der Waals surface area contributed by atoms with Crippen LogP contribution in [0.5, 0.6) is 0 Å². The maximum absolute atomic E-state index is 12.6. The van der Waals surface area contributed by atoms with E-state index in [4.69, 9.17) is 4.74 Å². The highest BCUT2D eigenvalue weighted by atomic mass is 19.4. The summed E-state index contributed by atoms with van der Waals surface area (Å²) in [5.41, 5.74) is 2.34. The molecule has 0 saturated carbocycles. The largest absolute Gasteiger partial charge is 0.416 e. The minimum absolute atomic E-state index is 0.563. The summed E-state index contributed by atoms with van der Waals surface area (Å²) in [5.74, 6) is 0.638. The molecule has 0 aliphatic heterocycles. The molecule has 3 N–H and O–H groups in total. The number of rotatable bonds is 9. The Morgan fingerprint density at radius 3 is 2.17 bits per heavy atom. The highest BCUT2D eigenvalue weighted by molar-refractivity contribution is 5.79. The van der Waals surface area contributed by atoms with Crippen molar-refractivity contribution in [2.24, 2.45) is 4.99 Å². The molecule has 0 spiro atoms. The van der Waals surface area contributed by atoms with Gasteiger partial charge >= 0.3 is 6.18 Å². The Kier molecular flexibility index (Phi) is 8.79. The number of aliphatic imine (C=N–C) groups is 1. The number of halogens is 3. The molecule has 5 nitrogen and oxygen atoms in total. The lowest BCUT2D eigenvalue weighted by Crippen LogP contribution is -2.37. The maximum atomic E-state index is 12.6. The molecule has 0 fully saturated rings. The second-order valence-electron chi connectivity index (χ2n) is 6.41. The molecular formula is C21H27F3N4O. The van der Waals surface area contributed by atoms with Crippen LogP contribution in [0.3, 0.4) is 0 Å². The van der Waals surface area contributed by atoms with Crippen LogP contribution in [0, 0.1) is 0 Å². The minimum atomic E-state index is -4.30. The van der Waals surface area contributed by atoms with Crippen molar-refractivity contribution in [3.8, 4) is 0 Å². The summed E-state index contributed by atoms with van der Waals surface area (Å²) in [6.45, 7) is 2.58. The highest BCUT2D eigenvalue weighted by Crippen LogP contribution is 2.29. The van der Waals surface area contributed by atoms with E-state index in [1.807, 2.05) is 24.3 Å². The lowest BCUT2D eigenvalue weighted by atomic mass is 10.1. The van der Waals surface area contributed by atoms with Gasteiger partial charge in [-0.3, -0.25) is 4.99 Å². The van der Waals surface area contributed by atoms with Gasteiger partial charge in [0.15, 0.2) is 5.96 Å². The van der Waals surface area contributed by atoms with E-state index in [1.54, 1.807) is 14.2 Å². The van der Waals surface area contributed by atoms with Gasteiger partial charge in [-0.25, -0.2) is 0 Å². The highest BCUT2D eigenvalue weighted by Gasteiger charge is 2.29. The van der Waals surface area contributed by atoms with Crippen molar-refractivity contribution in [3.63, 3.8) is 0 Å². The van der Waals surface area contributed by atoms with Crippen molar-refractivity contribution in [2.75, 3.05) is 39.2 Å². The zero-order valence-corrected chi connectivity index (χ0v) is 16.6. The molecule has 0 heterocycles. The van der Waals surface area contributed by atoms with Crippen LogP contribution >= 0.6 is 0 Å². The molecule has 0 aliphatic rings. The van der Waals surface area contributed by atoms with E-state index >= 15 is 0 Å². The van der Waals surface area contributed by atoms with Crippen molar-refractivity contribution in [2.45, 2.75) is 19.1 Å². The third-order valence-electron chi connectivity index (χ3n) is 4.26. The standard InChI is InChI=1S/C21H27F3N4O/c1-25-20(27-12-11-16-3-7-18(8-4-16)21(22,23)24)28-15-17-5-9-19(10-6-17)26-13-14-29-2/h3-10,26H,11-15H2,1-2H3,(H2,25,27,28). The van der Waals surface area contributed by atoms with Gasteiger partial charge in [0.25, 0.3) is 0 Å². The molecule has 8 heteroatoms. The van der Waals surface area contributed by atoms with Gasteiger partial charge in [0.1, 0.15) is 0 Å². The van der Waals surface area contributed by atoms with Crippen LogP contribution in [0.15, 0.2) is 53.5 Å². The summed E-state index contributed by atoms with van der Waals surface area (Å²) >= 11 is 0. The van der Waals surface area contributed by atoms with Gasteiger partial charge in [0, 0.05) is 39.5 Å². The molecular weight excluding hydrogens is 381 g/mol. The molecule has 0 atom stereocenters. The van der Waals surface area contributed by atoms with Crippen LogP contribution in [-0.2, 0) is 23.9 Å². The van der Waals surface area contributed by atoms with Crippen molar-refractivity contribution < 1.29 is 17.9 Å². The third kappa shape index (κ3) is 8.03. The third-order valence-corrected chi connectivity index (χ3v) is 4.26. The normalized spacial score (nSPS) is 12.0. The molecule has 0 unspecified atom stereocenters. The van der Waals surface area contributed by atoms with E-state index < -0.39 is 11.7 Å². The number of guanidine groups is 1. The van der Waals surface area contributed by atoms with E-state index in [9.17, 15) is 13.2 Å². The average Bonchev–Trinajstić information content (AvgIpc) is 2.71. The van der Waals surface area contributed by atoms with Crippen LogP contribution in [0.4, 0.5) is 18.9 Å². The fourth-order valence-electron chi connectivity index (χ4n) is 2.63. The van der Waals surface area contributed by atoms with Crippen molar-refractivity contribution in [1.29, 1.82) is 0 Å². The first-order valence-electron chi connectivity index (χ1n) is 9.35. The van der Waals surface area contributed by atoms with Crippen LogP contribution in [-0.4, -0.2) is 39.8 Å². The van der Waals surface area contributed by atoms with E-state index in [0.29, 0.717) is 32.1 Å². The van der Waals surface area contributed by atoms with Gasteiger partial charge in [-0.1, -0.05) is 24.3 Å². The second kappa shape index (κ2) is 11.3. The minimum Gasteiger partial charge on any atom is -0.383 e. The molecule has 0 radical (unpaired) electrons. The van der Waals surface area contributed by atoms with Crippen molar-refractivity contribution >= 4 is 11.6 Å². The fraction of sp³-hybridized carbons (Fsp3) is 0.381. The Morgan fingerprint density at radius 2 is 1.59 bits per heavy atom. The van der Waals surface area contributed by atoms with Gasteiger partial charge in [-0.15, -0.1) is 0 Å². The zero-order valence-electron chi connectivity index (χ0n) is 16.6. The van der Waals surface area contributed by atoms with Crippen LogP contribution in [0.2, 0.25) is 0 Å². The number of methoxy groups -OCH3 is 1. The Balaban J connectivity index is 1.73. The molecule has 0 amide bonds. The zero-order chi connectivity index (χ0) is 21.1. The molecule has 2 rings (SSSR count). The van der Waals surface area contributed by atoms with Gasteiger partial charge in [-0.2, -0.15) is 13.2 Å². The average molecular weight is 408 g/mol. The van der Waals surface area contributed by atoms with Crippen molar-refractivity contribution in [1.82, 2.24) is 10.6 Å². The fourth-order valence-corrected chi connectivity index (χ4v) is 2.63. The van der Waals surface area contributed by atoms with Crippen LogP contribution < -0.4 is 16.0 Å². The lowest BCUT2D eigenvalue weighted by molar-refractivity contribution is -0.137. The number of anilines is 1. The summed E-state index contributed by atoms with van der Waals surface area (Å²) in [6.07, 6.45) is -3.71. The number of alkyl halides is 3. The Bertz CT molecular complexity index is 759. The summed E-state index contributed by atoms with van der Waals surface area (Å²) in [5, 5.41) is 9.65. The smallest absolute Gasteiger partial charge is 0.383 e. The predicted molar refractivity (Wildman–Crippen MR) is 110 cm³/mol. The lowest BCUT2D eigenvalue weighted by Gasteiger charge is -2.13. The molecule has 2 aromatic carbocycles. The summed E-state index contributed by atoms with van der Waals surface area (Å²) in [7, 11) is 3.34. The first kappa shape index (κ1) is 22.5. The van der Waals surface area contributed by atoms with Gasteiger partial charge < -0.3 is 20.7 Å². The SMILES string of the molecule is CN=C(NCCc1ccc(C(F)(F)F)cc1)NCc1ccc(NCCOC)cc1. The molecule has 2 aromatic rings. The first-order valence-corrected chi connectivity index (χ1v) is 9.35. The second-order valence-corrected chi connectivity index (χ2v) is 6.41. The monoisotopic (exact) mass is 408 g/mol. The molecule has 0 aliphatic carbocycles. The topological polar surface area (TPSA) is 57.7 Å². The molecule has 0 saturated heterocycles. The van der Waals surface area contributed by atoms with Gasteiger partial charge in [0.2, 0.25) is 0 Å². The number of nitrogens with one attached hydrogen (secondary N) is 3. The predicted octanol–water partition coefficient (Wildman–Crippen LogP) is 3.67. The maximum Gasteiger partial charge on any atom is 0.416 e. The number of ether oxygens (including phenoxy) is 1. The van der Waals surface area contributed by atoms with E-state index in [0.717, 1.165) is 35.5 Å². The van der Waals surface area contributed by atoms with Crippen LogP contribution in [0.1, 0.15) is 16.7 Å². The van der Waals surface area contributed by atoms with Crippen LogP contribution in [0.25, 0.3) is 0 Å². The summed E-state index contributed by atoms with van der Waals surface area (Å²) in [6, 6.07) is 13.3. The molecule has 0 aromatic heterocycles. The molecule has 0 bridgehead atoms. The van der Waals surface area contributed by atoms with Gasteiger partial charge in [-0.05, 0) is 41.8 Å². The van der Waals surface area contributed by atoms with Crippen molar-refractivity contribution in [3.05, 3.63) is 65.2 Å². The summed E-state index contributed by atoms with van der Waals surface area (Å²) < 4.78 is 42.8. The number of hydrogen-bond donors (Lipinski definition) is 3. The van der Waals surface area contributed by atoms with E-state index in [2.05, 4.69) is 20.9 Å². The van der Waals surface area contributed by atoms with Gasteiger partial charge in [0.05, 0.1) is 12.2 Å². The Hall–Kier alpha value is -2.74. The molecule has 29 heavy (non-hydrogen) atoms. The molecule has 158 valence electrons. The first-order chi connectivity index (χ1) is 13.9. The van der Waals surface area contributed by atoms with E-state index in [-0.39, 0.29) is 0 Å². The van der Waals surface area contributed by atoms with E-state index in [1.165, 1.54) is 12.1 Å². The number of nitrogens with zero attached hydrogens (tertiary/aromatic N) is 1. The quantitative estimate of drug-likeness (QED) is 0.337. The Morgan fingerprint density at radius 1 is 0.931 bits per heavy atom. The number of benzene rings is 2. The summed E-state index contributed by atoms with van der Waals surface area (Å²) in [4.78, 5) is 4.17. The Labute approximate surface area is 169 Å².